The van der Waals surface area contributed by atoms with Gasteiger partial charge < -0.3 is 9.84 Å². The molecular weight excluding hydrogens is 80.0 g/mol. The van der Waals surface area contributed by atoms with E-state index in [9.17, 15) is 0 Å². The lowest BCUT2D eigenvalue weighted by molar-refractivity contribution is 0.313. The minimum Gasteiger partial charge on any atom is -0.505 e. The van der Waals surface area contributed by atoms with Gasteiger partial charge in [-0.1, -0.05) is 0 Å². The molecule has 0 rings (SSSR count). The fourth-order valence-electron chi connectivity index (χ4n) is 0.139. The average molecular weight is 88.1 g/mol. The van der Waals surface area contributed by atoms with E-state index in [1.807, 2.05) is 0 Å². The normalized spacial score (nSPS) is 9.67. The highest BCUT2D eigenvalue weighted by Crippen LogP contribution is 1.66. The molecule has 0 saturated heterocycles. The first-order valence-electron chi connectivity index (χ1n) is 1.70. The summed E-state index contributed by atoms with van der Waals surface area (Å²) in [5, 5.41) is 8.03. The molecule has 0 aromatic carbocycles. The molecule has 0 atom stereocenters. The van der Waals surface area contributed by atoms with E-state index in [1.165, 1.54) is 19.4 Å². The molecule has 0 radical (unpaired) electrons. The van der Waals surface area contributed by atoms with Gasteiger partial charge in [0.1, 0.15) is 0 Å². The molecule has 2 heteroatoms. The first-order chi connectivity index (χ1) is 2.91. The summed E-state index contributed by atoms with van der Waals surface area (Å²) in [5.41, 5.74) is 0. The van der Waals surface area contributed by atoms with Crippen molar-refractivity contribution in [2.45, 2.75) is 0 Å². The molecule has 0 aliphatic rings. The van der Waals surface area contributed by atoms with Crippen molar-refractivity contribution < 1.29 is 9.84 Å². The molecule has 0 saturated carbocycles. The van der Waals surface area contributed by atoms with Gasteiger partial charge >= 0.3 is 0 Å². The minimum atomic E-state index is 0.0494. The largest absolute Gasteiger partial charge is 0.505 e. The van der Waals surface area contributed by atoms with Gasteiger partial charge in [0.2, 0.25) is 0 Å². The molecule has 0 bridgehead atoms. The Balaban J connectivity index is 2.73. The molecule has 0 unspecified atom stereocenters. The fourth-order valence-corrected chi connectivity index (χ4v) is 0.139. The number of hydrogen-bond acceptors (Lipinski definition) is 2. The van der Waals surface area contributed by atoms with E-state index in [0.717, 1.165) is 0 Å². The van der Waals surface area contributed by atoms with E-state index in [-0.39, 0.29) is 6.61 Å². The Kier molecular flexibility index (Phi) is 4.12. The van der Waals surface area contributed by atoms with Crippen LogP contribution in [-0.4, -0.2) is 18.8 Å². The third kappa shape index (κ3) is 3.50. The zero-order valence-electron chi connectivity index (χ0n) is 3.72. The van der Waals surface area contributed by atoms with Crippen LogP contribution >= 0.6 is 0 Å². The Morgan fingerprint density at radius 1 is 1.83 bits per heavy atom. The Bertz CT molecular complexity index is 34.8. The van der Waals surface area contributed by atoms with Gasteiger partial charge in [-0.15, -0.1) is 0 Å². The molecule has 0 heterocycles. The maximum Gasteiger partial charge on any atom is 0.0807 e. The van der Waals surface area contributed by atoms with Crippen LogP contribution in [0.1, 0.15) is 0 Å². The summed E-state index contributed by atoms with van der Waals surface area (Å²) < 4.78 is 4.44. The predicted octanol–water partition coefficient (Wildman–Crippen LogP) is 0.139. The summed E-state index contributed by atoms with van der Waals surface area (Å²) in [7, 11) is 1.53. The van der Waals surface area contributed by atoms with Gasteiger partial charge in [0.15, 0.2) is 0 Å². The van der Waals surface area contributed by atoms with Crippen molar-refractivity contribution in [1.82, 2.24) is 0 Å². The Labute approximate surface area is 37.1 Å². The third-order valence-corrected chi connectivity index (χ3v) is 0.338. The molecule has 0 aliphatic heterocycles. The van der Waals surface area contributed by atoms with Crippen LogP contribution in [0.25, 0.3) is 0 Å². The first kappa shape index (κ1) is 5.50. The van der Waals surface area contributed by atoms with Crippen LogP contribution < -0.4 is 0 Å². The van der Waals surface area contributed by atoms with Crippen molar-refractivity contribution >= 4 is 0 Å². The van der Waals surface area contributed by atoms with Crippen molar-refractivity contribution in [3.63, 3.8) is 0 Å². The number of aliphatic hydroxyl groups is 1. The zero-order valence-corrected chi connectivity index (χ0v) is 3.72. The molecule has 0 fully saturated rings. The standard InChI is InChI=1S/C4H8O2/c1-6-4-2-3-5/h2,4-5H,3H2,1H3/b4-2-. The topological polar surface area (TPSA) is 29.5 Å². The van der Waals surface area contributed by atoms with Gasteiger partial charge in [0.25, 0.3) is 0 Å². The van der Waals surface area contributed by atoms with Crippen LogP contribution in [0.15, 0.2) is 12.3 Å². The van der Waals surface area contributed by atoms with Crippen LogP contribution in [0.2, 0.25) is 0 Å². The second-order valence-electron chi connectivity index (χ2n) is 0.790. The Hall–Kier alpha value is -0.500. The number of ether oxygens (including phenoxy) is 1. The molecule has 0 amide bonds. The highest BCUT2D eigenvalue weighted by atomic mass is 16.5. The van der Waals surface area contributed by atoms with Crippen LogP contribution in [0, 0.1) is 0 Å². The van der Waals surface area contributed by atoms with Crippen molar-refractivity contribution in [2.75, 3.05) is 13.7 Å². The molecule has 0 aliphatic carbocycles. The molecule has 1 N–H and O–H groups in total. The number of rotatable bonds is 2. The van der Waals surface area contributed by atoms with Crippen molar-refractivity contribution in [2.24, 2.45) is 0 Å². The van der Waals surface area contributed by atoms with Crippen molar-refractivity contribution in [3.8, 4) is 0 Å². The predicted molar refractivity (Wildman–Crippen MR) is 23.2 cm³/mol. The van der Waals surface area contributed by atoms with E-state index in [1.54, 1.807) is 0 Å². The van der Waals surface area contributed by atoms with Gasteiger partial charge in [-0.2, -0.15) is 0 Å². The van der Waals surface area contributed by atoms with Crippen molar-refractivity contribution in [1.29, 1.82) is 0 Å². The van der Waals surface area contributed by atoms with E-state index in [0.29, 0.717) is 0 Å². The SMILES string of the molecule is CO/C=C\CO. The quantitative estimate of drug-likeness (QED) is 0.486. The highest BCUT2D eigenvalue weighted by Gasteiger charge is 1.59. The van der Waals surface area contributed by atoms with E-state index in [2.05, 4.69) is 4.74 Å². The lowest BCUT2D eigenvalue weighted by atomic mass is 10.7. The first-order valence-corrected chi connectivity index (χ1v) is 1.70. The van der Waals surface area contributed by atoms with Crippen molar-refractivity contribution in [3.05, 3.63) is 12.3 Å². The summed E-state index contributed by atoms with van der Waals surface area (Å²) >= 11 is 0. The van der Waals surface area contributed by atoms with Crippen LogP contribution in [-0.2, 0) is 4.74 Å². The van der Waals surface area contributed by atoms with E-state index >= 15 is 0 Å². The summed E-state index contributed by atoms with van der Waals surface area (Å²) in [6, 6.07) is 0. The van der Waals surface area contributed by atoms with Crippen LogP contribution in [0.4, 0.5) is 0 Å². The van der Waals surface area contributed by atoms with Crippen LogP contribution in [0.3, 0.4) is 0 Å². The average Bonchev–Trinajstić information content (AvgIpc) is 1.61. The Morgan fingerprint density at radius 3 is 2.67 bits per heavy atom. The summed E-state index contributed by atoms with van der Waals surface area (Å²) in [6.45, 7) is 0.0494. The molecular formula is C4H8O2. The summed E-state index contributed by atoms with van der Waals surface area (Å²) in [6.07, 6.45) is 2.94. The number of aliphatic hydroxyl groups excluding tert-OH is 1. The highest BCUT2D eigenvalue weighted by molar-refractivity contribution is 4.69. The summed E-state index contributed by atoms with van der Waals surface area (Å²) in [5.74, 6) is 0. The van der Waals surface area contributed by atoms with Gasteiger partial charge in [0, 0.05) is 0 Å². The van der Waals surface area contributed by atoms with E-state index in [4.69, 9.17) is 5.11 Å². The van der Waals surface area contributed by atoms with Gasteiger partial charge in [-0.25, -0.2) is 0 Å². The molecule has 0 aromatic heterocycles. The molecule has 0 spiro atoms. The summed E-state index contributed by atoms with van der Waals surface area (Å²) in [4.78, 5) is 0. The molecule has 2 nitrogen and oxygen atoms in total. The lowest BCUT2D eigenvalue weighted by Gasteiger charge is -1.80. The maximum absolute atomic E-state index is 8.03. The van der Waals surface area contributed by atoms with Gasteiger partial charge in [-0.3, -0.25) is 0 Å². The second-order valence-corrected chi connectivity index (χ2v) is 0.790. The minimum absolute atomic E-state index is 0.0494. The maximum atomic E-state index is 8.03. The van der Waals surface area contributed by atoms with Gasteiger partial charge in [0.05, 0.1) is 20.0 Å². The monoisotopic (exact) mass is 88.1 g/mol. The molecule has 36 valence electrons. The fraction of sp³-hybridized carbons (Fsp3) is 0.500. The Morgan fingerprint density at radius 2 is 2.50 bits per heavy atom. The van der Waals surface area contributed by atoms with E-state index < -0.39 is 0 Å². The zero-order chi connectivity index (χ0) is 4.83. The third-order valence-electron chi connectivity index (χ3n) is 0.338. The molecule has 6 heavy (non-hydrogen) atoms. The number of hydrogen-bond donors (Lipinski definition) is 1. The van der Waals surface area contributed by atoms with Crippen LogP contribution in [0.5, 0.6) is 0 Å². The smallest absolute Gasteiger partial charge is 0.0807 e. The second kappa shape index (κ2) is 4.50. The number of methoxy groups -OCH3 is 1. The van der Waals surface area contributed by atoms with Gasteiger partial charge in [-0.05, 0) is 6.08 Å². The lowest BCUT2D eigenvalue weighted by Crippen LogP contribution is -1.70. The molecule has 0 aromatic rings.